The van der Waals surface area contributed by atoms with E-state index < -0.39 is 0 Å². The molecule has 1 atom stereocenters. The van der Waals surface area contributed by atoms with Gasteiger partial charge in [-0.1, -0.05) is 48.5 Å². The van der Waals surface area contributed by atoms with Crippen LogP contribution >= 0.6 is 11.3 Å². The number of thiophene rings is 1. The van der Waals surface area contributed by atoms with E-state index in [2.05, 4.69) is 27.7 Å². The van der Waals surface area contributed by atoms with Gasteiger partial charge in [-0.05, 0) is 55.1 Å². The number of carbonyl (C=O) groups excluding carboxylic acids is 1. The van der Waals surface area contributed by atoms with Gasteiger partial charge in [0.15, 0.2) is 0 Å². The van der Waals surface area contributed by atoms with E-state index in [-0.39, 0.29) is 11.9 Å². The summed E-state index contributed by atoms with van der Waals surface area (Å²) in [6, 6.07) is 19.9. The smallest absolute Gasteiger partial charge is 0.246 e. The lowest BCUT2D eigenvalue weighted by Crippen LogP contribution is -2.34. The second-order valence-electron chi connectivity index (χ2n) is 6.62. The van der Waals surface area contributed by atoms with Crippen molar-refractivity contribution in [3.05, 3.63) is 87.6 Å². The maximum absolute atomic E-state index is 13.2. The highest BCUT2D eigenvalue weighted by Gasteiger charge is 2.26. The molecule has 3 rings (SSSR count). The molecule has 3 aromatic rings. The van der Waals surface area contributed by atoms with Crippen molar-refractivity contribution in [1.29, 1.82) is 0 Å². The highest BCUT2D eigenvalue weighted by Crippen LogP contribution is 2.26. The quantitative estimate of drug-likeness (QED) is 0.654. The summed E-state index contributed by atoms with van der Waals surface area (Å²) in [7, 11) is 2.00. The minimum atomic E-state index is -0.349. The standard InChI is InChI=1S/C22H24N2OS/c1-16-11-12-17(2)20(14-16)23-22(25)21(18-8-5-4-6-9-18)24(3)15-19-10-7-13-26-19/h4-14,21H,15H2,1-3H3,(H,23,25)/t21-/m1/s1. The molecule has 1 heterocycles. The number of nitrogens with one attached hydrogen (secondary N) is 1. The number of benzene rings is 2. The molecular weight excluding hydrogens is 340 g/mol. The lowest BCUT2D eigenvalue weighted by Gasteiger charge is -2.27. The summed E-state index contributed by atoms with van der Waals surface area (Å²) in [6.45, 7) is 4.78. The third kappa shape index (κ3) is 4.40. The molecular formula is C22H24N2OS. The Morgan fingerprint density at radius 3 is 2.54 bits per heavy atom. The van der Waals surface area contributed by atoms with E-state index in [0.29, 0.717) is 0 Å². The van der Waals surface area contributed by atoms with Crippen LogP contribution in [0.1, 0.15) is 27.6 Å². The first-order valence-corrected chi connectivity index (χ1v) is 9.58. The fraction of sp³-hybridized carbons (Fsp3) is 0.227. The molecule has 0 aliphatic rings. The van der Waals surface area contributed by atoms with Gasteiger partial charge in [-0.3, -0.25) is 9.69 Å². The second kappa shape index (κ2) is 8.30. The van der Waals surface area contributed by atoms with Gasteiger partial charge in [-0.25, -0.2) is 0 Å². The van der Waals surface area contributed by atoms with Crippen molar-refractivity contribution in [3.63, 3.8) is 0 Å². The maximum Gasteiger partial charge on any atom is 0.246 e. The summed E-state index contributed by atoms with van der Waals surface area (Å²) in [4.78, 5) is 16.5. The van der Waals surface area contributed by atoms with Crippen LogP contribution in [0.5, 0.6) is 0 Å². The van der Waals surface area contributed by atoms with Crippen LogP contribution in [0.3, 0.4) is 0 Å². The molecule has 0 saturated carbocycles. The average molecular weight is 365 g/mol. The zero-order valence-electron chi connectivity index (χ0n) is 15.4. The molecule has 0 fully saturated rings. The Morgan fingerprint density at radius 2 is 1.85 bits per heavy atom. The highest BCUT2D eigenvalue weighted by molar-refractivity contribution is 7.09. The van der Waals surface area contributed by atoms with Gasteiger partial charge in [0.25, 0.3) is 0 Å². The Hall–Kier alpha value is -2.43. The van der Waals surface area contributed by atoms with Gasteiger partial charge in [0.1, 0.15) is 6.04 Å². The van der Waals surface area contributed by atoms with Crippen molar-refractivity contribution < 1.29 is 4.79 Å². The fourth-order valence-electron chi connectivity index (χ4n) is 3.05. The topological polar surface area (TPSA) is 32.3 Å². The van der Waals surface area contributed by atoms with Crippen molar-refractivity contribution in [3.8, 4) is 0 Å². The van der Waals surface area contributed by atoms with Crippen molar-refractivity contribution >= 4 is 22.9 Å². The number of nitrogens with zero attached hydrogens (tertiary/aromatic N) is 1. The van der Waals surface area contributed by atoms with E-state index in [1.54, 1.807) is 11.3 Å². The van der Waals surface area contributed by atoms with Crippen LogP contribution in [0.15, 0.2) is 66.0 Å². The normalized spacial score (nSPS) is 12.2. The molecule has 3 nitrogen and oxygen atoms in total. The van der Waals surface area contributed by atoms with E-state index >= 15 is 0 Å². The average Bonchev–Trinajstić information content (AvgIpc) is 3.12. The highest BCUT2D eigenvalue weighted by atomic mass is 32.1. The predicted molar refractivity (Wildman–Crippen MR) is 110 cm³/mol. The summed E-state index contributed by atoms with van der Waals surface area (Å²) in [5.74, 6) is -0.0102. The molecule has 0 radical (unpaired) electrons. The Balaban J connectivity index is 1.87. The number of aryl methyl sites for hydroxylation is 2. The molecule has 1 aromatic heterocycles. The van der Waals surface area contributed by atoms with E-state index in [1.807, 2.05) is 69.4 Å². The summed E-state index contributed by atoms with van der Waals surface area (Å²) in [6.07, 6.45) is 0. The molecule has 0 aliphatic heterocycles. The lowest BCUT2D eigenvalue weighted by atomic mass is 10.0. The van der Waals surface area contributed by atoms with Gasteiger partial charge in [-0.2, -0.15) is 0 Å². The second-order valence-corrected chi connectivity index (χ2v) is 7.65. The first kappa shape index (κ1) is 18.4. The van der Waals surface area contributed by atoms with Crippen LogP contribution in [-0.2, 0) is 11.3 Å². The molecule has 134 valence electrons. The zero-order chi connectivity index (χ0) is 18.5. The third-order valence-corrected chi connectivity index (χ3v) is 5.30. The Morgan fingerprint density at radius 1 is 1.08 bits per heavy atom. The molecule has 1 N–H and O–H groups in total. The number of anilines is 1. The molecule has 1 amide bonds. The fourth-order valence-corrected chi connectivity index (χ4v) is 3.82. The van der Waals surface area contributed by atoms with E-state index in [4.69, 9.17) is 0 Å². The maximum atomic E-state index is 13.2. The Labute approximate surface area is 159 Å². The van der Waals surface area contributed by atoms with Gasteiger partial charge >= 0.3 is 0 Å². The largest absolute Gasteiger partial charge is 0.324 e. The Kier molecular flexibility index (Phi) is 5.86. The van der Waals surface area contributed by atoms with Crippen LogP contribution in [-0.4, -0.2) is 17.9 Å². The van der Waals surface area contributed by atoms with Gasteiger partial charge < -0.3 is 5.32 Å². The summed E-state index contributed by atoms with van der Waals surface area (Å²) < 4.78 is 0. The number of hydrogen-bond donors (Lipinski definition) is 1. The number of carbonyl (C=O) groups is 1. The molecule has 0 spiro atoms. The molecule has 26 heavy (non-hydrogen) atoms. The molecule has 0 saturated heterocycles. The van der Waals surface area contributed by atoms with Crippen LogP contribution in [0.4, 0.5) is 5.69 Å². The number of likely N-dealkylation sites (N-methyl/N-ethyl adjacent to an activating group) is 1. The van der Waals surface area contributed by atoms with E-state index in [1.165, 1.54) is 4.88 Å². The Bertz CT molecular complexity index is 859. The molecule has 0 bridgehead atoms. The minimum absolute atomic E-state index is 0.0102. The van der Waals surface area contributed by atoms with Crippen molar-refractivity contribution in [1.82, 2.24) is 4.90 Å². The van der Waals surface area contributed by atoms with Crippen molar-refractivity contribution in [2.24, 2.45) is 0 Å². The number of amides is 1. The van der Waals surface area contributed by atoms with Crippen molar-refractivity contribution in [2.75, 3.05) is 12.4 Å². The number of rotatable bonds is 6. The first-order chi connectivity index (χ1) is 12.5. The van der Waals surface area contributed by atoms with Crippen LogP contribution in [0.2, 0.25) is 0 Å². The minimum Gasteiger partial charge on any atom is -0.324 e. The van der Waals surface area contributed by atoms with E-state index in [9.17, 15) is 4.79 Å². The van der Waals surface area contributed by atoms with Gasteiger partial charge in [0, 0.05) is 17.1 Å². The van der Waals surface area contributed by atoms with Crippen LogP contribution < -0.4 is 5.32 Å². The molecule has 4 heteroatoms. The summed E-state index contributed by atoms with van der Waals surface area (Å²) >= 11 is 1.71. The molecule has 0 unspecified atom stereocenters. The first-order valence-electron chi connectivity index (χ1n) is 8.70. The van der Waals surface area contributed by atoms with Gasteiger partial charge in [0.2, 0.25) is 5.91 Å². The summed E-state index contributed by atoms with van der Waals surface area (Å²) in [5.41, 5.74) is 4.07. The predicted octanol–water partition coefficient (Wildman–Crippen LogP) is 5.18. The van der Waals surface area contributed by atoms with Gasteiger partial charge in [-0.15, -0.1) is 11.3 Å². The monoisotopic (exact) mass is 364 g/mol. The molecule has 2 aromatic carbocycles. The van der Waals surface area contributed by atoms with Crippen LogP contribution in [0, 0.1) is 13.8 Å². The SMILES string of the molecule is Cc1ccc(C)c(NC(=O)[C@@H](c2ccccc2)N(C)Cc2cccs2)c1. The number of hydrogen-bond acceptors (Lipinski definition) is 3. The zero-order valence-corrected chi connectivity index (χ0v) is 16.2. The van der Waals surface area contributed by atoms with Gasteiger partial charge in [0.05, 0.1) is 0 Å². The summed E-state index contributed by atoms with van der Waals surface area (Å²) in [5, 5.41) is 5.20. The lowest BCUT2D eigenvalue weighted by molar-refractivity contribution is -0.121. The van der Waals surface area contributed by atoms with E-state index in [0.717, 1.165) is 28.9 Å². The third-order valence-electron chi connectivity index (χ3n) is 4.44. The molecule has 0 aliphatic carbocycles. The van der Waals surface area contributed by atoms with Crippen molar-refractivity contribution in [2.45, 2.75) is 26.4 Å². The van der Waals surface area contributed by atoms with Crippen LogP contribution in [0.25, 0.3) is 0 Å².